The van der Waals surface area contributed by atoms with Gasteiger partial charge in [-0.3, -0.25) is 4.99 Å². The average Bonchev–Trinajstić information content (AvgIpc) is 3.32. The maximum absolute atomic E-state index is 4.76. The molecule has 2 saturated heterocycles. The fourth-order valence-electron chi connectivity index (χ4n) is 3.01. The quantitative estimate of drug-likeness (QED) is 0.607. The van der Waals surface area contributed by atoms with E-state index < -0.39 is 0 Å². The average molecular weight is 354 g/mol. The van der Waals surface area contributed by atoms with Crippen LogP contribution in [0.3, 0.4) is 0 Å². The van der Waals surface area contributed by atoms with Crippen molar-refractivity contribution in [1.82, 2.24) is 15.6 Å². The standard InChI is InChI=1S/C16H27N5S2/c1-17-15(19-11-14-5-4-10-22-14)18-7-6-13-12-23-16(20-13)21-8-2-3-9-21/h12,14H,2-11H2,1H3,(H2,17,18,19). The van der Waals surface area contributed by atoms with Gasteiger partial charge in [0.2, 0.25) is 0 Å². The molecule has 2 aliphatic rings. The van der Waals surface area contributed by atoms with Crippen LogP contribution in [0.25, 0.3) is 0 Å². The lowest BCUT2D eigenvalue weighted by Crippen LogP contribution is -2.40. The third-order valence-electron chi connectivity index (χ3n) is 4.33. The second-order valence-electron chi connectivity index (χ2n) is 6.08. The Hall–Kier alpha value is -0.950. The summed E-state index contributed by atoms with van der Waals surface area (Å²) >= 11 is 3.85. The molecule has 1 unspecified atom stereocenters. The van der Waals surface area contributed by atoms with Crippen LogP contribution in [-0.4, -0.2) is 55.2 Å². The molecule has 3 heterocycles. The van der Waals surface area contributed by atoms with Gasteiger partial charge < -0.3 is 15.5 Å². The molecule has 3 rings (SSSR count). The monoisotopic (exact) mass is 353 g/mol. The van der Waals surface area contributed by atoms with Crippen molar-refractivity contribution in [2.24, 2.45) is 4.99 Å². The third kappa shape index (κ3) is 5.01. The predicted molar refractivity (Wildman–Crippen MR) is 102 cm³/mol. The molecule has 128 valence electrons. The Morgan fingerprint density at radius 2 is 2.22 bits per heavy atom. The number of thiazole rings is 1. The first-order valence-electron chi connectivity index (χ1n) is 8.60. The number of guanidine groups is 1. The maximum Gasteiger partial charge on any atom is 0.191 e. The number of nitrogens with zero attached hydrogens (tertiary/aromatic N) is 3. The molecule has 23 heavy (non-hydrogen) atoms. The highest BCUT2D eigenvalue weighted by atomic mass is 32.2. The Morgan fingerprint density at radius 1 is 1.35 bits per heavy atom. The Kier molecular flexibility index (Phi) is 6.45. The molecule has 2 aliphatic heterocycles. The number of aromatic nitrogens is 1. The largest absolute Gasteiger partial charge is 0.356 e. The molecule has 2 N–H and O–H groups in total. The zero-order valence-corrected chi connectivity index (χ0v) is 15.5. The van der Waals surface area contributed by atoms with Gasteiger partial charge in [0.15, 0.2) is 11.1 Å². The zero-order valence-electron chi connectivity index (χ0n) is 13.9. The first-order chi connectivity index (χ1) is 11.3. The summed E-state index contributed by atoms with van der Waals surface area (Å²) < 4.78 is 0. The van der Waals surface area contributed by atoms with Crippen molar-refractivity contribution in [3.8, 4) is 0 Å². The molecule has 0 aliphatic carbocycles. The van der Waals surface area contributed by atoms with Crippen LogP contribution < -0.4 is 15.5 Å². The summed E-state index contributed by atoms with van der Waals surface area (Å²) in [7, 11) is 1.84. The van der Waals surface area contributed by atoms with Crippen LogP contribution in [0, 0.1) is 0 Å². The van der Waals surface area contributed by atoms with Gasteiger partial charge in [0.05, 0.1) is 5.69 Å². The Labute approximate surface area is 147 Å². The highest BCUT2D eigenvalue weighted by molar-refractivity contribution is 8.00. The van der Waals surface area contributed by atoms with Gasteiger partial charge in [-0.15, -0.1) is 11.3 Å². The molecule has 0 amide bonds. The number of hydrogen-bond donors (Lipinski definition) is 2. The van der Waals surface area contributed by atoms with E-state index in [1.807, 2.05) is 7.05 Å². The fraction of sp³-hybridized carbons (Fsp3) is 0.750. The van der Waals surface area contributed by atoms with Crippen molar-refractivity contribution in [2.45, 2.75) is 37.4 Å². The van der Waals surface area contributed by atoms with Gasteiger partial charge >= 0.3 is 0 Å². The van der Waals surface area contributed by atoms with Crippen molar-refractivity contribution in [1.29, 1.82) is 0 Å². The van der Waals surface area contributed by atoms with Crippen LogP contribution in [0.5, 0.6) is 0 Å². The molecule has 5 nitrogen and oxygen atoms in total. The summed E-state index contributed by atoms with van der Waals surface area (Å²) in [4.78, 5) is 11.5. The van der Waals surface area contributed by atoms with E-state index in [4.69, 9.17) is 4.98 Å². The molecule has 1 atom stereocenters. The number of hydrogen-bond acceptors (Lipinski definition) is 5. The highest BCUT2D eigenvalue weighted by Crippen LogP contribution is 2.25. The second kappa shape index (κ2) is 8.78. The summed E-state index contributed by atoms with van der Waals surface area (Å²) in [5.41, 5.74) is 1.19. The topological polar surface area (TPSA) is 52.6 Å². The minimum absolute atomic E-state index is 0.745. The fourth-order valence-corrected chi connectivity index (χ4v) is 5.12. The molecule has 7 heteroatoms. The zero-order chi connectivity index (χ0) is 15.9. The SMILES string of the molecule is CN=C(NCCc1csc(N2CCCC2)n1)NCC1CCCS1. The van der Waals surface area contributed by atoms with Crippen LogP contribution in [0.1, 0.15) is 31.4 Å². The molecule has 1 aromatic rings. The molecular weight excluding hydrogens is 326 g/mol. The smallest absolute Gasteiger partial charge is 0.191 e. The maximum atomic E-state index is 4.76. The highest BCUT2D eigenvalue weighted by Gasteiger charge is 2.16. The Bertz CT molecular complexity index is 504. The molecule has 0 saturated carbocycles. The van der Waals surface area contributed by atoms with E-state index in [1.165, 1.54) is 55.4 Å². The van der Waals surface area contributed by atoms with Crippen LogP contribution >= 0.6 is 23.1 Å². The van der Waals surface area contributed by atoms with Crippen molar-refractivity contribution in [2.75, 3.05) is 43.9 Å². The first-order valence-corrected chi connectivity index (χ1v) is 10.5. The third-order valence-corrected chi connectivity index (χ3v) is 6.68. The van der Waals surface area contributed by atoms with Crippen LogP contribution in [0.15, 0.2) is 10.4 Å². The minimum Gasteiger partial charge on any atom is -0.356 e. The number of thioether (sulfide) groups is 1. The molecule has 0 radical (unpaired) electrons. The number of nitrogens with one attached hydrogen (secondary N) is 2. The Morgan fingerprint density at radius 3 is 2.96 bits per heavy atom. The van der Waals surface area contributed by atoms with E-state index in [2.05, 4.69) is 37.7 Å². The lowest BCUT2D eigenvalue weighted by atomic mass is 10.2. The van der Waals surface area contributed by atoms with Crippen LogP contribution in [-0.2, 0) is 6.42 Å². The van der Waals surface area contributed by atoms with Crippen molar-refractivity contribution in [3.05, 3.63) is 11.1 Å². The van der Waals surface area contributed by atoms with Gasteiger partial charge in [-0.25, -0.2) is 4.98 Å². The van der Waals surface area contributed by atoms with E-state index in [1.54, 1.807) is 11.3 Å². The summed E-state index contributed by atoms with van der Waals surface area (Å²) in [5, 5.41) is 11.0. The lowest BCUT2D eigenvalue weighted by Gasteiger charge is -2.14. The van der Waals surface area contributed by atoms with E-state index in [0.717, 1.165) is 30.7 Å². The molecule has 2 fully saturated rings. The second-order valence-corrected chi connectivity index (χ2v) is 8.33. The van der Waals surface area contributed by atoms with E-state index >= 15 is 0 Å². The number of aliphatic imine (C=N–C) groups is 1. The van der Waals surface area contributed by atoms with E-state index in [0.29, 0.717) is 0 Å². The molecule has 1 aromatic heterocycles. The van der Waals surface area contributed by atoms with Crippen molar-refractivity contribution < 1.29 is 0 Å². The van der Waals surface area contributed by atoms with E-state index in [9.17, 15) is 0 Å². The Balaban J connectivity index is 1.37. The van der Waals surface area contributed by atoms with Gasteiger partial charge in [-0.2, -0.15) is 11.8 Å². The molecule has 0 aromatic carbocycles. The minimum atomic E-state index is 0.745. The molecular formula is C16H27N5S2. The van der Waals surface area contributed by atoms with Gasteiger partial charge in [-0.05, 0) is 31.4 Å². The summed E-state index contributed by atoms with van der Waals surface area (Å²) in [6.07, 6.45) is 6.23. The summed E-state index contributed by atoms with van der Waals surface area (Å²) in [6, 6.07) is 0. The van der Waals surface area contributed by atoms with Gasteiger partial charge in [0.1, 0.15) is 0 Å². The van der Waals surface area contributed by atoms with Gasteiger partial charge in [0, 0.05) is 50.3 Å². The van der Waals surface area contributed by atoms with Gasteiger partial charge in [0.25, 0.3) is 0 Å². The summed E-state index contributed by atoms with van der Waals surface area (Å²) in [6.45, 7) is 4.22. The predicted octanol–water partition coefficient (Wildman–Crippen LogP) is 2.35. The molecule has 0 spiro atoms. The lowest BCUT2D eigenvalue weighted by molar-refractivity contribution is 0.723. The molecule has 0 bridgehead atoms. The number of anilines is 1. The van der Waals surface area contributed by atoms with Crippen molar-refractivity contribution >= 4 is 34.2 Å². The van der Waals surface area contributed by atoms with E-state index in [-0.39, 0.29) is 0 Å². The number of rotatable bonds is 6. The first kappa shape index (κ1) is 16.9. The van der Waals surface area contributed by atoms with Crippen LogP contribution in [0.4, 0.5) is 5.13 Å². The van der Waals surface area contributed by atoms with Gasteiger partial charge in [-0.1, -0.05) is 0 Å². The normalized spacial score (nSPS) is 21.9. The summed E-state index contributed by atoms with van der Waals surface area (Å²) in [5.74, 6) is 2.22. The van der Waals surface area contributed by atoms with Crippen LogP contribution in [0.2, 0.25) is 0 Å². The van der Waals surface area contributed by atoms with Crippen molar-refractivity contribution in [3.63, 3.8) is 0 Å².